The minimum Gasteiger partial charge on any atom is -0.355 e. The summed E-state index contributed by atoms with van der Waals surface area (Å²) in [6, 6.07) is 40.5. The Hall–Kier alpha value is -4.30. The van der Waals surface area contributed by atoms with Gasteiger partial charge in [0.2, 0.25) is 0 Å². The van der Waals surface area contributed by atoms with Gasteiger partial charge in [0.15, 0.2) is 0 Å². The minimum absolute atomic E-state index is 0.0203. The maximum Gasteiger partial charge on any atom is 0.0542 e. The Balaban J connectivity index is 1.19. The van der Waals surface area contributed by atoms with E-state index in [4.69, 9.17) is 0 Å². The van der Waals surface area contributed by atoms with Crippen molar-refractivity contribution in [1.29, 1.82) is 0 Å². The molecule has 2 heteroatoms. The number of benzene rings is 5. The molecule has 0 atom stereocenters. The number of fused-ring (bicyclic) bond motifs is 6. The number of anilines is 2. The first kappa shape index (κ1) is 24.5. The van der Waals surface area contributed by atoms with Crippen molar-refractivity contribution >= 4 is 33.2 Å². The molecule has 1 fully saturated rings. The third kappa shape index (κ3) is 3.92. The molecule has 202 valence electrons. The van der Waals surface area contributed by atoms with Gasteiger partial charge in [0.25, 0.3) is 0 Å². The number of para-hydroxylation sites is 2. The standard InChI is InChI=1S/C39H36N2/c1-39(2)35-20-17-27(26-11-5-3-6-12-26)23-32(35)33-24-28(18-21-36(33)39)40-29-19-22-38-34(25-29)31-15-9-10-16-37(31)41(38)30-13-7-4-8-14-30/h4,7-10,13-26,40H,3,5-6,11-12H2,1-2H3. The molecular weight excluding hydrogens is 496 g/mol. The van der Waals surface area contributed by atoms with Crippen LogP contribution in [0.5, 0.6) is 0 Å². The van der Waals surface area contributed by atoms with Crippen LogP contribution < -0.4 is 5.32 Å². The highest BCUT2D eigenvalue weighted by Gasteiger charge is 2.36. The highest BCUT2D eigenvalue weighted by atomic mass is 15.0. The second-order valence-electron chi connectivity index (χ2n) is 12.6. The van der Waals surface area contributed by atoms with E-state index in [9.17, 15) is 0 Å². The van der Waals surface area contributed by atoms with Crippen LogP contribution in [0.4, 0.5) is 11.4 Å². The molecule has 0 saturated heterocycles. The first-order valence-electron chi connectivity index (χ1n) is 15.2. The van der Waals surface area contributed by atoms with Gasteiger partial charge in [-0.25, -0.2) is 0 Å². The summed E-state index contributed by atoms with van der Waals surface area (Å²) >= 11 is 0. The summed E-state index contributed by atoms with van der Waals surface area (Å²) in [6.07, 6.45) is 6.79. The van der Waals surface area contributed by atoms with Crippen LogP contribution in [0, 0.1) is 0 Å². The lowest BCUT2D eigenvalue weighted by molar-refractivity contribution is 0.443. The van der Waals surface area contributed by atoms with Gasteiger partial charge in [-0.05, 0) is 95.1 Å². The molecule has 1 aromatic heterocycles. The van der Waals surface area contributed by atoms with Crippen molar-refractivity contribution in [2.75, 3.05) is 5.32 Å². The Morgan fingerprint density at radius 3 is 2.10 bits per heavy atom. The van der Waals surface area contributed by atoms with Gasteiger partial charge in [-0.2, -0.15) is 0 Å². The van der Waals surface area contributed by atoms with Crippen molar-refractivity contribution in [2.24, 2.45) is 0 Å². The maximum absolute atomic E-state index is 3.77. The second-order valence-corrected chi connectivity index (χ2v) is 12.6. The van der Waals surface area contributed by atoms with E-state index in [1.165, 1.54) is 87.4 Å². The largest absolute Gasteiger partial charge is 0.355 e. The van der Waals surface area contributed by atoms with Gasteiger partial charge in [0.1, 0.15) is 0 Å². The summed E-state index contributed by atoms with van der Waals surface area (Å²) in [7, 11) is 0. The fourth-order valence-corrected chi connectivity index (χ4v) is 7.63. The predicted octanol–water partition coefficient (Wildman–Crippen LogP) is 10.9. The van der Waals surface area contributed by atoms with Crippen LogP contribution in [0.3, 0.4) is 0 Å². The molecule has 1 N–H and O–H groups in total. The smallest absolute Gasteiger partial charge is 0.0542 e. The fourth-order valence-electron chi connectivity index (χ4n) is 7.63. The van der Waals surface area contributed by atoms with Crippen LogP contribution in [0.1, 0.15) is 68.6 Å². The molecule has 2 aliphatic carbocycles. The molecule has 0 radical (unpaired) electrons. The van der Waals surface area contributed by atoms with Crippen LogP contribution in [-0.4, -0.2) is 4.57 Å². The monoisotopic (exact) mass is 532 g/mol. The second kappa shape index (κ2) is 9.38. The van der Waals surface area contributed by atoms with E-state index < -0.39 is 0 Å². The molecule has 0 amide bonds. The van der Waals surface area contributed by atoms with E-state index in [2.05, 4.69) is 133 Å². The molecule has 2 aliphatic rings. The zero-order valence-electron chi connectivity index (χ0n) is 24.0. The van der Waals surface area contributed by atoms with E-state index in [-0.39, 0.29) is 5.41 Å². The number of hydrogen-bond acceptors (Lipinski definition) is 1. The maximum atomic E-state index is 3.77. The number of nitrogens with zero attached hydrogens (tertiary/aromatic N) is 1. The third-order valence-corrected chi connectivity index (χ3v) is 9.75. The van der Waals surface area contributed by atoms with Gasteiger partial charge in [-0.15, -0.1) is 0 Å². The molecule has 41 heavy (non-hydrogen) atoms. The topological polar surface area (TPSA) is 17.0 Å². The first-order chi connectivity index (χ1) is 20.1. The molecule has 2 nitrogen and oxygen atoms in total. The normalized spacial score (nSPS) is 16.1. The number of nitrogens with one attached hydrogen (secondary N) is 1. The summed E-state index contributed by atoms with van der Waals surface area (Å²) in [5.74, 6) is 0.715. The van der Waals surface area contributed by atoms with Crippen LogP contribution in [0.15, 0.2) is 109 Å². The van der Waals surface area contributed by atoms with E-state index in [0.717, 1.165) is 11.4 Å². The van der Waals surface area contributed by atoms with Crippen molar-refractivity contribution in [1.82, 2.24) is 4.57 Å². The summed E-state index contributed by atoms with van der Waals surface area (Å²) in [6.45, 7) is 4.75. The Morgan fingerprint density at radius 2 is 1.27 bits per heavy atom. The van der Waals surface area contributed by atoms with Crippen LogP contribution in [0.2, 0.25) is 0 Å². The molecular formula is C39H36N2. The first-order valence-corrected chi connectivity index (χ1v) is 15.2. The van der Waals surface area contributed by atoms with Crippen molar-refractivity contribution in [3.63, 3.8) is 0 Å². The van der Waals surface area contributed by atoms with Crippen molar-refractivity contribution in [2.45, 2.75) is 57.3 Å². The zero-order chi connectivity index (χ0) is 27.6. The number of hydrogen-bond donors (Lipinski definition) is 1. The fraction of sp³-hybridized carbons (Fsp3) is 0.231. The van der Waals surface area contributed by atoms with Gasteiger partial charge in [0, 0.05) is 33.2 Å². The Labute approximate surface area is 242 Å². The van der Waals surface area contributed by atoms with Crippen LogP contribution in [-0.2, 0) is 5.41 Å². The average Bonchev–Trinajstić information content (AvgIpc) is 3.46. The average molecular weight is 533 g/mol. The third-order valence-electron chi connectivity index (χ3n) is 9.75. The molecule has 8 rings (SSSR count). The van der Waals surface area contributed by atoms with Crippen LogP contribution >= 0.6 is 0 Å². The predicted molar refractivity (Wildman–Crippen MR) is 174 cm³/mol. The van der Waals surface area contributed by atoms with E-state index >= 15 is 0 Å². The van der Waals surface area contributed by atoms with E-state index in [1.54, 1.807) is 0 Å². The molecule has 0 unspecified atom stereocenters. The molecule has 6 aromatic rings. The van der Waals surface area contributed by atoms with E-state index in [1.807, 2.05) is 0 Å². The van der Waals surface area contributed by atoms with Gasteiger partial charge < -0.3 is 9.88 Å². The zero-order valence-corrected chi connectivity index (χ0v) is 24.0. The van der Waals surface area contributed by atoms with Gasteiger partial charge in [0.05, 0.1) is 11.0 Å². The Morgan fingerprint density at radius 1 is 0.610 bits per heavy atom. The summed E-state index contributed by atoms with van der Waals surface area (Å²) in [4.78, 5) is 0. The lowest BCUT2D eigenvalue weighted by Crippen LogP contribution is -2.15. The van der Waals surface area contributed by atoms with Gasteiger partial charge in [-0.3, -0.25) is 0 Å². The van der Waals surface area contributed by atoms with Crippen LogP contribution in [0.25, 0.3) is 38.6 Å². The minimum atomic E-state index is 0.0203. The lowest BCUT2D eigenvalue weighted by atomic mass is 9.80. The van der Waals surface area contributed by atoms with Gasteiger partial charge in [-0.1, -0.05) is 93.8 Å². The molecule has 5 aromatic carbocycles. The summed E-state index contributed by atoms with van der Waals surface area (Å²) in [5, 5.41) is 6.30. The highest BCUT2D eigenvalue weighted by Crippen LogP contribution is 2.51. The Bertz CT molecular complexity index is 1920. The molecule has 1 heterocycles. The molecule has 0 spiro atoms. The number of aromatic nitrogens is 1. The SMILES string of the molecule is CC1(C)c2ccc(Nc3ccc4c(c3)c3ccccc3n4-c3ccccc3)cc2-c2cc(C3CCCCC3)ccc21. The summed E-state index contributed by atoms with van der Waals surface area (Å²) in [5.41, 5.74) is 13.2. The van der Waals surface area contributed by atoms with Crippen molar-refractivity contribution < 1.29 is 0 Å². The molecule has 1 saturated carbocycles. The lowest BCUT2D eigenvalue weighted by Gasteiger charge is -2.24. The Kier molecular flexibility index (Phi) is 5.60. The van der Waals surface area contributed by atoms with E-state index in [0.29, 0.717) is 5.92 Å². The van der Waals surface area contributed by atoms with Crippen molar-refractivity contribution in [3.05, 3.63) is 126 Å². The van der Waals surface area contributed by atoms with Crippen molar-refractivity contribution in [3.8, 4) is 16.8 Å². The molecule has 0 bridgehead atoms. The summed E-state index contributed by atoms with van der Waals surface area (Å²) < 4.78 is 2.37. The molecule has 0 aliphatic heterocycles. The number of rotatable bonds is 4. The highest BCUT2D eigenvalue weighted by molar-refractivity contribution is 6.10. The van der Waals surface area contributed by atoms with Gasteiger partial charge >= 0.3 is 0 Å². The quantitative estimate of drug-likeness (QED) is 0.239.